The summed E-state index contributed by atoms with van der Waals surface area (Å²) in [6, 6.07) is 23.0. The largest absolute Gasteiger partial charge is 0.378 e. The predicted octanol–water partition coefficient (Wildman–Crippen LogP) is 4.42. The molecular weight excluding hydrogens is 414 g/mol. The van der Waals surface area contributed by atoms with Gasteiger partial charge < -0.3 is 4.90 Å². The first-order valence-electron chi connectivity index (χ1n) is 11.1. The third kappa shape index (κ3) is 3.47. The first kappa shape index (κ1) is 21.2. The van der Waals surface area contributed by atoms with E-state index in [1.54, 1.807) is 5.06 Å². The maximum atomic E-state index is 13.8. The predicted molar refractivity (Wildman–Crippen MR) is 129 cm³/mol. The van der Waals surface area contributed by atoms with Crippen LogP contribution in [0.4, 0.5) is 17.1 Å². The van der Waals surface area contributed by atoms with E-state index in [1.165, 1.54) is 4.90 Å². The van der Waals surface area contributed by atoms with Crippen LogP contribution in [0.15, 0.2) is 72.8 Å². The lowest BCUT2D eigenvalue weighted by Gasteiger charge is -2.29. The molecular formula is C27H27N3O3. The van der Waals surface area contributed by atoms with Crippen LogP contribution in [-0.4, -0.2) is 32.0 Å². The third-order valence-electron chi connectivity index (χ3n) is 6.47. The Kier molecular flexibility index (Phi) is 5.17. The molecule has 0 unspecified atom stereocenters. The summed E-state index contributed by atoms with van der Waals surface area (Å²) in [6.07, 6.45) is -0.864. The molecule has 2 amide bonds. The van der Waals surface area contributed by atoms with E-state index in [1.807, 2.05) is 106 Å². The van der Waals surface area contributed by atoms with Crippen molar-refractivity contribution in [3.05, 3.63) is 89.5 Å². The second kappa shape index (κ2) is 8.05. The van der Waals surface area contributed by atoms with Gasteiger partial charge in [-0.3, -0.25) is 14.4 Å². The number of fused-ring (bicyclic) bond motifs is 1. The van der Waals surface area contributed by atoms with Crippen molar-refractivity contribution in [3.63, 3.8) is 0 Å². The molecule has 6 heteroatoms. The minimum Gasteiger partial charge on any atom is -0.378 e. The normalized spacial score (nSPS) is 22.1. The lowest BCUT2D eigenvalue weighted by atomic mass is 9.90. The molecule has 0 aliphatic carbocycles. The topological polar surface area (TPSA) is 53.1 Å². The summed E-state index contributed by atoms with van der Waals surface area (Å²) in [5, 5.41) is 1.73. The van der Waals surface area contributed by atoms with E-state index in [4.69, 9.17) is 4.84 Å². The summed E-state index contributed by atoms with van der Waals surface area (Å²) in [7, 11) is 3.97. The molecule has 2 fully saturated rings. The molecule has 168 valence electrons. The Morgan fingerprint density at radius 3 is 2.18 bits per heavy atom. The van der Waals surface area contributed by atoms with Crippen molar-refractivity contribution in [2.75, 3.05) is 29.0 Å². The second-order valence-electron chi connectivity index (χ2n) is 8.95. The maximum absolute atomic E-state index is 13.8. The van der Waals surface area contributed by atoms with Crippen molar-refractivity contribution in [2.24, 2.45) is 5.92 Å². The Bertz CT molecular complexity index is 1210. The number of carbonyl (C=O) groups is 2. The minimum atomic E-state index is -0.864. The first-order valence-corrected chi connectivity index (χ1v) is 11.1. The Hall–Kier alpha value is -3.64. The number of aryl methyl sites for hydroxylation is 2. The van der Waals surface area contributed by atoms with Gasteiger partial charge in [0.05, 0.1) is 17.4 Å². The highest BCUT2D eigenvalue weighted by molar-refractivity contribution is 6.24. The van der Waals surface area contributed by atoms with Gasteiger partial charge in [0.1, 0.15) is 5.92 Å². The molecule has 33 heavy (non-hydrogen) atoms. The van der Waals surface area contributed by atoms with Crippen LogP contribution >= 0.6 is 0 Å². The highest BCUT2D eigenvalue weighted by Crippen LogP contribution is 2.48. The quantitative estimate of drug-likeness (QED) is 0.561. The van der Waals surface area contributed by atoms with Crippen LogP contribution < -0.4 is 14.9 Å². The van der Waals surface area contributed by atoms with Crippen LogP contribution in [0, 0.1) is 19.8 Å². The monoisotopic (exact) mass is 441 g/mol. The molecule has 3 aromatic carbocycles. The van der Waals surface area contributed by atoms with Crippen LogP contribution in [0.3, 0.4) is 0 Å². The van der Waals surface area contributed by atoms with Gasteiger partial charge in [-0.05, 0) is 55.3 Å². The summed E-state index contributed by atoms with van der Waals surface area (Å²) in [5.41, 5.74) is 5.41. The van der Waals surface area contributed by atoms with Crippen LogP contribution in [0.5, 0.6) is 0 Å². The Morgan fingerprint density at radius 1 is 0.848 bits per heavy atom. The number of anilines is 3. The molecule has 0 aromatic heterocycles. The van der Waals surface area contributed by atoms with Crippen LogP contribution in [0.1, 0.15) is 22.7 Å². The van der Waals surface area contributed by atoms with Gasteiger partial charge >= 0.3 is 0 Å². The molecule has 2 aliphatic heterocycles. The van der Waals surface area contributed by atoms with E-state index in [0.717, 1.165) is 28.1 Å². The van der Waals surface area contributed by atoms with Gasteiger partial charge in [-0.1, -0.05) is 48.0 Å². The summed E-state index contributed by atoms with van der Waals surface area (Å²) in [4.78, 5) is 36.8. The number of rotatable bonds is 4. The average Bonchev–Trinajstić information content (AvgIpc) is 3.31. The van der Waals surface area contributed by atoms with E-state index in [9.17, 15) is 9.59 Å². The van der Waals surface area contributed by atoms with Gasteiger partial charge in [-0.15, -0.1) is 0 Å². The van der Waals surface area contributed by atoms with Gasteiger partial charge in [-0.25, -0.2) is 9.96 Å². The zero-order chi connectivity index (χ0) is 23.3. The fraction of sp³-hybridized carbons (Fsp3) is 0.259. The van der Waals surface area contributed by atoms with Crippen LogP contribution in [0.25, 0.3) is 0 Å². The van der Waals surface area contributed by atoms with Gasteiger partial charge in [0.25, 0.3) is 5.91 Å². The highest BCUT2D eigenvalue weighted by Gasteiger charge is 2.60. The lowest BCUT2D eigenvalue weighted by Crippen LogP contribution is -2.37. The first-order chi connectivity index (χ1) is 15.9. The Labute approximate surface area is 193 Å². The molecule has 0 radical (unpaired) electrons. The molecule has 2 saturated heterocycles. The summed E-state index contributed by atoms with van der Waals surface area (Å²) in [6.45, 7) is 3.92. The molecule has 0 spiro atoms. The van der Waals surface area contributed by atoms with E-state index in [-0.39, 0.29) is 11.8 Å². The van der Waals surface area contributed by atoms with Crippen molar-refractivity contribution in [2.45, 2.75) is 26.0 Å². The molecule has 2 heterocycles. The van der Waals surface area contributed by atoms with E-state index >= 15 is 0 Å². The molecule has 2 aliphatic rings. The van der Waals surface area contributed by atoms with E-state index < -0.39 is 18.1 Å². The fourth-order valence-corrected chi connectivity index (χ4v) is 4.82. The maximum Gasteiger partial charge on any atom is 0.266 e. The van der Waals surface area contributed by atoms with Crippen molar-refractivity contribution in [1.82, 2.24) is 0 Å². The number of para-hydroxylation sites is 1. The molecule has 0 N–H and O–H groups in total. The van der Waals surface area contributed by atoms with Gasteiger partial charge in [0, 0.05) is 19.8 Å². The third-order valence-corrected chi connectivity index (χ3v) is 6.47. The van der Waals surface area contributed by atoms with Crippen molar-refractivity contribution in [1.29, 1.82) is 0 Å². The molecule has 3 aromatic rings. The lowest BCUT2D eigenvalue weighted by molar-refractivity contribution is -0.126. The molecule has 3 atom stereocenters. The van der Waals surface area contributed by atoms with E-state index in [0.29, 0.717) is 5.69 Å². The second-order valence-corrected chi connectivity index (χ2v) is 8.95. The van der Waals surface area contributed by atoms with Crippen molar-refractivity contribution in [3.8, 4) is 0 Å². The van der Waals surface area contributed by atoms with Crippen LogP contribution in [0.2, 0.25) is 0 Å². The van der Waals surface area contributed by atoms with Gasteiger partial charge in [0.2, 0.25) is 5.91 Å². The zero-order valence-electron chi connectivity index (χ0n) is 19.2. The number of hydrogen-bond donors (Lipinski definition) is 0. The fourth-order valence-electron chi connectivity index (χ4n) is 4.82. The molecule has 5 rings (SSSR count). The number of hydrogen-bond acceptors (Lipinski definition) is 5. The Morgan fingerprint density at radius 2 is 1.55 bits per heavy atom. The van der Waals surface area contributed by atoms with E-state index in [2.05, 4.69) is 0 Å². The number of carbonyl (C=O) groups excluding carboxylic acids is 2. The number of nitrogens with zero attached hydrogens (tertiary/aromatic N) is 3. The molecule has 6 nitrogen and oxygen atoms in total. The Balaban J connectivity index is 1.58. The molecule has 0 bridgehead atoms. The average molecular weight is 442 g/mol. The highest BCUT2D eigenvalue weighted by atomic mass is 16.7. The smallest absolute Gasteiger partial charge is 0.266 e. The van der Waals surface area contributed by atoms with Crippen molar-refractivity contribution < 1.29 is 14.4 Å². The van der Waals surface area contributed by atoms with Gasteiger partial charge in [-0.2, -0.15) is 0 Å². The number of amides is 2. The minimum absolute atomic E-state index is 0.225. The number of benzene rings is 3. The zero-order valence-corrected chi connectivity index (χ0v) is 19.2. The summed E-state index contributed by atoms with van der Waals surface area (Å²) >= 11 is 0. The molecule has 0 saturated carbocycles. The number of hydroxylamine groups is 1. The summed E-state index contributed by atoms with van der Waals surface area (Å²) in [5.74, 6) is -1.18. The van der Waals surface area contributed by atoms with Crippen molar-refractivity contribution >= 4 is 28.9 Å². The SMILES string of the molecule is Cc1ccc(N2C(=O)[C@H]3[C@H](ON(c4ccccc4)[C@@H]3c3ccc(N(C)C)cc3)C2=O)c(C)c1. The standard InChI is InChI=1S/C27H27N3O3/c1-17-10-15-22(18(2)16-17)29-26(31)23-24(19-11-13-20(14-12-19)28(3)4)30(33-25(23)27(29)32)21-8-6-5-7-9-21/h5-16,23-25H,1-4H3/t23-,24-,25+/m1/s1. The van der Waals surface area contributed by atoms with Gasteiger partial charge in [0.15, 0.2) is 6.10 Å². The number of imide groups is 1. The van der Waals surface area contributed by atoms with Crippen LogP contribution in [-0.2, 0) is 14.4 Å². The summed E-state index contributed by atoms with van der Waals surface area (Å²) < 4.78 is 0.